The fraction of sp³-hybridized carbons (Fsp3) is 0.286. The van der Waals surface area contributed by atoms with Crippen LogP contribution in [-0.4, -0.2) is 39.5 Å². The van der Waals surface area contributed by atoms with Crippen molar-refractivity contribution in [2.45, 2.75) is 26.4 Å². The lowest BCUT2D eigenvalue weighted by Gasteiger charge is -2.35. The summed E-state index contributed by atoms with van der Waals surface area (Å²) < 4.78 is 0. The summed E-state index contributed by atoms with van der Waals surface area (Å²) in [5.74, 6) is -1.13. The third-order valence-corrected chi connectivity index (χ3v) is 4.51. The number of nitrogens with one attached hydrogen (secondary N) is 1. The summed E-state index contributed by atoms with van der Waals surface area (Å²) in [4.78, 5) is 26.2. The van der Waals surface area contributed by atoms with Gasteiger partial charge in [0.1, 0.15) is 6.54 Å². The first-order valence-electron chi connectivity index (χ1n) is 8.79. The number of carboxylic acids is 1. The molecule has 142 valence electrons. The lowest BCUT2D eigenvalue weighted by molar-refractivity contribution is -0.135. The zero-order chi connectivity index (χ0) is 19.8. The molecule has 0 fully saturated rings. The van der Waals surface area contributed by atoms with Gasteiger partial charge in [-0.05, 0) is 23.6 Å². The summed E-state index contributed by atoms with van der Waals surface area (Å²) in [6.45, 7) is 4.04. The fourth-order valence-corrected chi connectivity index (χ4v) is 3.37. The van der Waals surface area contributed by atoms with Crippen molar-refractivity contribution in [3.8, 4) is 0 Å². The Morgan fingerprint density at radius 3 is 2.11 bits per heavy atom. The summed E-state index contributed by atoms with van der Waals surface area (Å²) in [5, 5.41) is 11.7. The Hall–Kier alpha value is -2.73. The van der Waals surface area contributed by atoms with E-state index in [1.165, 1.54) is 0 Å². The number of nitrogens with zero attached hydrogens (tertiary/aromatic N) is 1. The molecule has 6 heteroatoms. The van der Waals surface area contributed by atoms with E-state index < -0.39 is 12.0 Å². The lowest BCUT2D eigenvalue weighted by atomic mass is 9.99. The number of carboxylic acid groups (broad SMARTS) is 1. The molecule has 2 rings (SSSR count). The topological polar surface area (TPSA) is 69.6 Å². The molecular formula is C21H24N2O3S. The predicted molar refractivity (Wildman–Crippen MR) is 110 cm³/mol. The second-order valence-corrected chi connectivity index (χ2v) is 7.02. The Morgan fingerprint density at radius 1 is 1.04 bits per heavy atom. The highest BCUT2D eigenvalue weighted by atomic mass is 32.1. The minimum atomic E-state index is -0.996. The molecular weight excluding hydrogens is 360 g/mol. The maximum absolute atomic E-state index is 13.3. The van der Waals surface area contributed by atoms with Crippen LogP contribution in [0, 0.1) is 5.92 Å². The van der Waals surface area contributed by atoms with E-state index in [2.05, 4.69) is 5.32 Å². The number of benzene rings is 2. The minimum Gasteiger partial charge on any atom is -0.480 e. The van der Waals surface area contributed by atoms with Crippen molar-refractivity contribution >= 4 is 29.1 Å². The van der Waals surface area contributed by atoms with Crippen molar-refractivity contribution in [1.29, 1.82) is 0 Å². The molecule has 27 heavy (non-hydrogen) atoms. The van der Waals surface area contributed by atoms with Gasteiger partial charge in [-0.15, -0.1) is 0 Å². The van der Waals surface area contributed by atoms with E-state index in [1.54, 1.807) is 17.0 Å². The zero-order valence-electron chi connectivity index (χ0n) is 15.5. The molecule has 0 heterocycles. The van der Waals surface area contributed by atoms with Crippen molar-refractivity contribution in [2.24, 2.45) is 5.92 Å². The molecule has 1 amide bonds. The Balaban J connectivity index is 2.36. The normalized spacial score (nSPS) is 11.7. The van der Waals surface area contributed by atoms with Gasteiger partial charge in [-0.3, -0.25) is 9.59 Å². The molecule has 0 saturated heterocycles. The van der Waals surface area contributed by atoms with E-state index in [-0.39, 0.29) is 18.4 Å². The zero-order valence-corrected chi connectivity index (χ0v) is 16.3. The summed E-state index contributed by atoms with van der Waals surface area (Å²) in [6.07, 6.45) is 0. The highest BCUT2D eigenvalue weighted by Crippen LogP contribution is 2.19. The van der Waals surface area contributed by atoms with E-state index in [1.807, 2.05) is 62.4 Å². The molecule has 0 aliphatic carbocycles. The van der Waals surface area contributed by atoms with Gasteiger partial charge in [0.2, 0.25) is 0 Å². The van der Waals surface area contributed by atoms with Gasteiger partial charge in [0.25, 0.3) is 5.91 Å². The number of amides is 1. The van der Waals surface area contributed by atoms with Gasteiger partial charge in [-0.2, -0.15) is 0 Å². The number of hydrogen-bond acceptors (Lipinski definition) is 3. The number of thiocarbonyl (C=S) groups is 1. The number of carbonyl (C=O) groups is 2. The molecule has 0 aromatic heterocycles. The van der Waals surface area contributed by atoms with Crippen molar-refractivity contribution < 1.29 is 14.7 Å². The van der Waals surface area contributed by atoms with Crippen molar-refractivity contribution in [3.63, 3.8) is 0 Å². The fourth-order valence-electron chi connectivity index (χ4n) is 2.89. The van der Waals surface area contributed by atoms with Gasteiger partial charge in [0.05, 0.1) is 11.0 Å². The SMILES string of the molecule is CC(C)C(C(=S)NCC(=O)O)N(Cc1ccccc1)C(=O)c1ccccc1. The average Bonchev–Trinajstić information content (AvgIpc) is 2.66. The van der Waals surface area contributed by atoms with E-state index in [0.29, 0.717) is 17.1 Å². The predicted octanol–water partition coefficient (Wildman–Crippen LogP) is 3.36. The van der Waals surface area contributed by atoms with E-state index in [0.717, 1.165) is 5.56 Å². The summed E-state index contributed by atoms with van der Waals surface area (Å²) in [5.41, 5.74) is 1.55. The van der Waals surface area contributed by atoms with Crippen LogP contribution < -0.4 is 5.32 Å². The van der Waals surface area contributed by atoms with Crippen LogP contribution in [-0.2, 0) is 11.3 Å². The lowest BCUT2D eigenvalue weighted by Crippen LogP contribution is -2.51. The van der Waals surface area contributed by atoms with E-state index >= 15 is 0 Å². The standard InChI is InChI=1S/C21H24N2O3S/c1-15(2)19(20(27)22-13-18(24)25)23(14-16-9-5-3-6-10-16)21(26)17-11-7-4-8-12-17/h3-12,15,19H,13-14H2,1-2H3,(H,22,27)(H,24,25). The van der Waals surface area contributed by atoms with E-state index in [9.17, 15) is 9.59 Å². The van der Waals surface area contributed by atoms with Crippen LogP contribution in [0.4, 0.5) is 0 Å². The molecule has 1 unspecified atom stereocenters. The summed E-state index contributed by atoms with van der Waals surface area (Å²) in [7, 11) is 0. The number of rotatable bonds is 8. The van der Waals surface area contributed by atoms with Crippen LogP contribution in [0.3, 0.4) is 0 Å². The second kappa shape index (κ2) is 9.83. The monoisotopic (exact) mass is 384 g/mol. The number of aliphatic carboxylic acids is 1. The highest BCUT2D eigenvalue weighted by Gasteiger charge is 2.30. The van der Waals surface area contributed by atoms with Gasteiger partial charge in [0, 0.05) is 12.1 Å². The molecule has 0 spiro atoms. The first kappa shape index (κ1) is 20.6. The third kappa shape index (κ3) is 5.89. The van der Waals surface area contributed by atoms with Crippen molar-refractivity contribution in [2.75, 3.05) is 6.54 Å². The molecule has 0 aliphatic rings. The Morgan fingerprint density at radius 2 is 1.59 bits per heavy atom. The second-order valence-electron chi connectivity index (χ2n) is 6.59. The molecule has 2 aromatic rings. The quantitative estimate of drug-likeness (QED) is 0.683. The van der Waals surface area contributed by atoms with Gasteiger partial charge >= 0.3 is 5.97 Å². The third-order valence-electron chi connectivity index (χ3n) is 4.13. The largest absolute Gasteiger partial charge is 0.480 e. The van der Waals surface area contributed by atoms with Gasteiger partial charge in [-0.1, -0.05) is 74.6 Å². The molecule has 2 aromatic carbocycles. The van der Waals surface area contributed by atoms with Crippen molar-refractivity contribution in [1.82, 2.24) is 10.2 Å². The van der Waals surface area contributed by atoms with Gasteiger partial charge in [0.15, 0.2) is 0 Å². The smallest absolute Gasteiger partial charge is 0.322 e. The highest BCUT2D eigenvalue weighted by molar-refractivity contribution is 7.80. The van der Waals surface area contributed by atoms with Crippen LogP contribution in [0.1, 0.15) is 29.8 Å². The van der Waals surface area contributed by atoms with Crippen LogP contribution >= 0.6 is 12.2 Å². The minimum absolute atomic E-state index is 0.00942. The first-order chi connectivity index (χ1) is 12.9. The van der Waals surface area contributed by atoms with Crippen LogP contribution in [0.2, 0.25) is 0 Å². The van der Waals surface area contributed by atoms with Gasteiger partial charge < -0.3 is 15.3 Å². The van der Waals surface area contributed by atoms with Crippen LogP contribution in [0.5, 0.6) is 0 Å². The van der Waals surface area contributed by atoms with Crippen LogP contribution in [0.25, 0.3) is 0 Å². The maximum atomic E-state index is 13.3. The first-order valence-corrected chi connectivity index (χ1v) is 9.20. The Bertz CT molecular complexity index is 779. The molecule has 2 N–H and O–H groups in total. The molecule has 5 nitrogen and oxygen atoms in total. The molecule has 0 radical (unpaired) electrons. The maximum Gasteiger partial charge on any atom is 0.322 e. The number of hydrogen-bond donors (Lipinski definition) is 2. The van der Waals surface area contributed by atoms with Crippen LogP contribution in [0.15, 0.2) is 60.7 Å². The van der Waals surface area contributed by atoms with Crippen molar-refractivity contribution in [3.05, 3.63) is 71.8 Å². The molecule has 1 atom stereocenters. The summed E-state index contributed by atoms with van der Waals surface area (Å²) >= 11 is 5.46. The average molecular weight is 385 g/mol. The van der Waals surface area contributed by atoms with Gasteiger partial charge in [-0.25, -0.2) is 0 Å². The molecule has 0 aliphatic heterocycles. The Labute approximate surface area is 165 Å². The number of carbonyl (C=O) groups excluding carboxylic acids is 1. The molecule has 0 saturated carbocycles. The van der Waals surface area contributed by atoms with E-state index in [4.69, 9.17) is 17.3 Å². The summed E-state index contributed by atoms with van der Waals surface area (Å²) in [6, 6.07) is 18.3. The Kier molecular flexibility index (Phi) is 7.49. The molecule has 0 bridgehead atoms.